The number of nitrogens with one attached hydrogen (secondary N) is 1. The molecule has 2 unspecified atom stereocenters. The Morgan fingerprint density at radius 2 is 2.24 bits per heavy atom. The molecule has 3 N–H and O–H groups in total. The van der Waals surface area contributed by atoms with Crippen molar-refractivity contribution in [2.75, 3.05) is 5.75 Å². The Bertz CT molecular complexity index is 715. The summed E-state index contributed by atoms with van der Waals surface area (Å²) in [7, 11) is 0. The molecule has 2 aliphatic heterocycles. The first-order valence-electron chi connectivity index (χ1n) is 7.76. The number of nitrogens with zero attached hydrogens (tertiary/aromatic N) is 4. The Kier molecular flexibility index (Phi) is 4.82. The summed E-state index contributed by atoms with van der Waals surface area (Å²) >= 11 is 2.91. The van der Waals surface area contributed by atoms with E-state index in [1.807, 2.05) is 6.92 Å². The highest BCUT2D eigenvalue weighted by Crippen LogP contribution is 2.43. The minimum Gasteiger partial charge on any atom is -0.455 e. The number of tetrazole rings is 1. The quantitative estimate of drug-likeness (QED) is 0.434. The number of ether oxygens (including phenoxy) is 1. The van der Waals surface area contributed by atoms with Crippen molar-refractivity contribution in [1.29, 1.82) is 0 Å². The number of nitrogens with two attached hydrogens (primary N) is 1. The van der Waals surface area contributed by atoms with Crippen LogP contribution in [-0.2, 0) is 14.3 Å². The largest absolute Gasteiger partial charge is 0.455 e. The van der Waals surface area contributed by atoms with Crippen molar-refractivity contribution in [1.82, 2.24) is 25.5 Å². The normalized spacial score (nSPS) is 24.7. The molecule has 0 aromatic carbocycles. The number of hydrogen-bond donors (Lipinski definition) is 2. The smallest absolute Gasteiger partial charge is 0.355 e. The molecule has 3 rings (SSSR count). The molecule has 3 atom stereocenters. The van der Waals surface area contributed by atoms with E-state index in [1.54, 1.807) is 32.5 Å². The molecule has 0 radical (unpaired) electrons. The standard InChI is InChI=1S/C14H20N6O3S2/c1-6(25-13-16-18-19-17-13)7-5-24-11-8(15)10(21)20(11)9(7)12(22)23-14(2,3)4/h6,8,11H,5,15H2,1-4H3,(H,16,17,18,19)/t6?,8?,11-/m1/s1. The molecule has 0 aliphatic carbocycles. The Morgan fingerprint density at radius 1 is 1.52 bits per heavy atom. The third kappa shape index (κ3) is 3.53. The van der Waals surface area contributed by atoms with Gasteiger partial charge in [0.1, 0.15) is 22.7 Å². The molecule has 0 spiro atoms. The van der Waals surface area contributed by atoms with E-state index in [4.69, 9.17) is 10.5 Å². The van der Waals surface area contributed by atoms with Gasteiger partial charge in [0, 0.05) is 11.0 Å². The number of fused-ring (bicyclic) bond motifs is 1. The zero-order valence-corrected chi connectivity index (χ0v) is 16.0. The molecule has 0 bridgehead atoms. The maximum atomic E-state index is 12.8. The monoisotopic (exact) mass is 384 g/mol. The topological polar surface area (TPSA) is 127 Å². The van der Waals surface area contributed by atoms with E-state index in [-0.39, 0.29) is 16.5 Å². The maximum absolute atomic E-state index is 12.8. The van der Waals surface area contributed by atoms with Crippen molar-refractivity contribution in [3.63, 3.8) is 0 Å². The fraction of sp³-hybridized carbons (Fsp3) is 0.643. The van der Waals surface area contributed by atoms with E-state index in [9.17, 15) is 9.59 Å². The van der Waals surface area contributed by atoms with Crippen molar-refractivity contribution in [3.8, 4) is 0 Å². The van der Waals surface area contributed by atoms with Gasteiger partial charge in [0.2, 0.25) is 11.1 Å². The van der Waals surface area contributed by atoms with Gasteiger partial charge in [-0.3, -0.25) is 9.69 Å². The highest BCUT2D eigenvalue weighted by Gasteiger charge is 2.52. The van der Waals surface area contributed by atoms with Gasteiger partial charge in [-0.2, -0.15) is 5.21 Å². The number of amides is 1. The molecule has 1 amide bonds. The Labute approximate surface area is 153 Å². The fourth-order valence-corrected chi connectivity index (χ4v) is 4.96. The minimum absolute atomic E-state index is 0.127. The van der Waals surface area contributed by atoms with Crippen LogP contribution in [0.25, 0.3) is 0 Å². The number of H-pyrrole nitrogens is 1. The average Bonchev–Trinajstić information content (AvgIpc) is 3.03. The molecule has 1 fully saturated rings. The van der Waals surface area contributed by atoms with Crippen LogP contribution in [0.15, 0.2) is 16.4 Å². The number of hydrogen-bond acceptors (Lipinski definition) is 9. The molecule has 0 saturated carbocycles. The number of carbonyl (C=O) groups is 2. The summed E-state index contributed by atoms with van der Waals surface area (Å²) < 4.78 is 5.53. The summed E-state index contributed by atoms with van der Waals surface area (Å²) in [5, 5.41) is 13.9. The van der Waals surface area contributed by atoms with Gasteiger partial charge in [-0.05, 0) is 38.5 Å². The molecular weight excluding hydrogens is 364 g/mol. The minimum atomic E-state index is -0.657. The number of aromatic nitrogens is 4. The van der Waals surface area contributed by atoms with Gasteiger partial charge in [-0.15, -0.1) is 22.0 Å². The summed E-state index contributed by atoms with van der Waals surface area (Å²) in [5.74, 6) is -0.177. The molecule has 9 nitrogen and oxygen atoms in total. The van der Waals surface area contributed by atoms with E-state index in [0.29, 0.717) is 16.6 Å². The van der Waals surface area contributed by atoms with Crippen LogP contribution in [0.5, 0.6) is 0 Å². The summed E-state index contributed by atoms with van der Waals surface area (Å²) in [6.07, 6.45) is 0. The number of carbonyl (C=O) groups excluding carboxylic acids is 2. The lowest BCUT2D eigenvalue weighted by atomic mass is 10.0. The number of thioether (sulfide) groups is 2. The second kappa shape index (κ2) is 6.61. The van der Waals surface area contributed by atoms with Crippen LogP contribution in [0.1, 0.15) is 27.7 Å². The molecule has 1 saturated heterocycles. The van der Waals surface area contributed by atoms with Crippen LogP contribution in [0.3, 0.4) is 0 Å². The third-order valence-corrected chi connectivity index (χ3v) is 6.08. The summed E-state index contributed by atoms with van der Waals surface area (Å²) in [4.78, 5) is 26.5. The van der Waals surface area contributed by atoms with E-state index in [2.05, 4.69) is 20.6 Å². The van der Waals surface area contributed by atoms with Crippen LogP contribution in [-0.4, -0.2) is 65.4 Å². The molecular formula is C14H20N6O3S2. The van der Waals surface area contributed by atoms with Gasteiger partial charge < -0.3 is 10.5 Å². The van der Waals surface area contributed by atoms with E-state index in [0.717, 1.165) is 5.57 Å². The first kappa shape index (κ1) is 18.2. The molecule has 136 valence electrons. The average molecular weight is 384 g/mol. The predicted octanol–water partition coefficient (Wildman–Crippen LogP) is 0.518. The van der Waals surface area contributed by atoms with Crippen molar-refractivity contribution >= 4 is 35.4 Å². The second-order valence-electron chi connectivity index (χ2n) is 6.77. The van der Waals surface area contributed by atoms with Crippen molar-refractivity contribution in [3.05, 3.63) is 11.3 Å². The van der Waals surface area contributed by atoms with E-state index in [1.165, 1.54) is 16.7 Å². The van der Waals surface area contributed by atoms with Crippen molar-refractivity contribution in [2.24, 2.45) is 5.73 Å². The maximum Gasteiger partial charge on any atom is 0.355 e. The van der Waals surface area contributed by atoms with Gasteiger partial charge in [0.15, 0.2) is 0 Å². The molecule has 3 heterocycles. The number of β-lactam (4-membered cyclic amide) rings is 1. The van der Waals surface area contributed by atoms with E-state index < -0.39 is 17.6 Å². The molecule has 25 heavy (non-hydrogen) atoms. The van der Waals surface area contributed by atoms with Gasteiger partial charge in [0.05, 0.1) is 0 Å². The molecule has 1 aromatic heterocycles. The lowest BCUT2D eigenvalue weighted by molar-refractivity contribution is -0.158. The highest BCUT2D eigenvalue weighted by atomic mass is 32.2. The summed E-state index contributed by atoms with van der Waals surface area (Å²) in [6, 6.07) is -0.579. The van der Waals surface area contributed by atoms with Crippen LogP contribution < -0.4 is 5.73 Å². The van der Waals surface area contributed by atoms with Gasteiger partial charge in [0.25, 0.3) is 0 Å². The predicted molar refractivity (Wildman–Crippen MR) is 93.4 cm³/mol. The first-order chi connectivity index (χ1) is 11.7. The van der Waals surface area contributed by atoms with Crippen molar-refractivity contribution < 1.29 is 14.3 Å². The zero-order valence-electron chi connectivity index (χ0n) is 14.3. The van der Waals surface area contributed by atoms with Gasteiger partial charge in [-0.1, -0.05) is 11.8 Å². The molecule has 11 heteroatoms. The molecule has 1 aromatic rings. The number of aromatic amines is 1. The molecule has 2 aliphatic rings. The van der Waals surface area contributed by atoms with Crippen LogP contribution in [0.4, 0.5) is 0 Å². The number of esters is 1. The Hall–Kier alpha value is -1.59. The lowest BCUT2D eigenvalue weighted by Gasteiger charge is -2.49. The zero-order chi connectivity index (χ0) is 18.4. The van der Waals surface area contributed by atoms with Gasteiger partial charge >= 0.3 is 5.97 Å². The number of rotatable bonds is 4. The van der Waals surface area contributed by atoms with E-state index >= 15 is 0 Å². The highest BCUT2D eigenvalue weighted by molar-refractivity contribution is 8.01. The lowest BCUT2D eigenvalue weighted by Crippen LogP contribution is -2.68. The summed E-state index contributed by atoms with van der Waals surface area (Å²) in [6.45, 7) is 7.32. The van der Waals surface area contributed by atoms with Crippen LogP contribution in [0, 0.1) is 0 Å². The fourth-order valence-electron chi connectivity index (χ4n) is 2.60. The third-order valence-electron chi connectivity index (χ3n) is 3.73. The second-order valence-corrected chi connectivity index (χ2v) is 9.18. The van der Waals surface area contributed by atoms with Crippen LogP contribution in [0.2, 0.25) is 0 Å². The Balaban J connectivity index is 1.93. The van der Waals surface area contributed by atoms with Gasteiger partial charge in [-0.25, -0.2) is 4.79 Å². The Morgan fingerprint density at radius 3 is 2.84 bits per heavy atom. The SMILES string of the molecule is CC(Sc1nn[nH]n1)C1=C(C(=O)OC(C)(C)C)N2C(=O)C(N)[C@H]2SC1. The first-order valence-corrected chi connectivity index (χ1v) is 9.68. The van der Waals surface area contributed by atoms with Crippen molar-refractivity contribution in [2.45, 2.75) is 55.1 Å². The van der Waals surface area contributed by atoms with Crippen LogP contribution >= 0.6 is 23.5 Å². The summed E-state index contributed by atoms with van der Waals surface area (Å²) in [5.41, 5.74) is 6.33.